The predicted octanol–water partition coefficient (Wildman–Crippen LogP) is 3.32. The fourth-order valence-electron chi connectivity index (χ4n) is 1.70. The average molecular weight is 265 g/mol. The van der Waals surface area contributed by atoms with Crippen LogP contribution < -0.4 is 0 Å². The van der Waals surface area contributed by atoms with E-state index in [9.17, 15) is 13.9 Å². The Morgan fingerprint density at radius 1 is 1.41 bits per heavy atom. The van der Waals surface area contributed by atoms with Crippen molar-refractivity contribution in [2.24, 2.45) is 5.92 Å². The van der Waals surface area contributed by atoms with Crippen LogP contribution in [0.1, 0.15) is 25.0 Å². The highest BCUT2D eigenvalue weighted by atomic mass is 35.5. The molecule has 0 bridgehead atoms. The molecule has 0 aliphatic carbocycles. The Balaban J connectivity index is 2.88. The van der Waals surface area contributed by atoms with Crippen LogP contribution in [0.15, 0.2) is 12.1 Å². The standard InChI is InChI=1S/C12H15ClF2O2/c1-7(6-17-2)5-10(16)11-8(13)3-4-9(14)12(11)15/h3-4,7,10,16H,5-6H2,1-2H3. The molecular weight excluding hydrogens is 250 g/mol. The smallest absolute Gasteiger partial charge is 0.166 e. The van der Waals surface area contributed by atoms with Crippen molar-refractivity contribution in [3.63, 3.8) is 0 Å². The lowest BCUT2D eigenvalue weighted by Gasteiger charge is -2.17. The lowest BCUT2D eigenvalue weighted by molar-refractivity contribution is 0.0993. The molecule has 0 amide bonds. The van der Waals surface area contributed by atoms with Crippen LogP contribution in [0.5, 0.6) is 0 Å². The summed E-state index contributed by atoms with van der Waals surface area (Å²) >= 11 is 5.76. The summed E-state index contributed by atoms with van der Waals surface area (Å²) in [5.74, 6) is -2.08. The van der Waals surface area contributed by atoms with Gasteiger partial charge in [0.05, 0.1) is 6.10 Å². The fourth-order valence-corrected chi connectivity index (χ4v) is 1.97. The van der Waals surface area contributed by atoms with E-state index in [1.807, 2.05) is 6.92 Å². The van der Waals surface area contributed by atoms with Crippen LogP contribution in [0.4, 0.5) is 8.78 Å². The first-order valence-corrected chi connectivity index (χ1v) is 5.65. The Morgan fingerprint density at radius 2 is 2.06 bits per heavy atom. The maximum Gasteiger partial charge on any atom is 0.166 e. The Kier molecular flexibility index (Phi) is 5.31. The van der Waals surface area contributed by atoms with Crippen molar-refractivity contribution in [1.29, 1.82) is 0 Å². The Hall–Kier alpha value is -0.710. The number of aliphatic hydroxyl groups excluding tert-OH is 1. The molecule has 1 N–H and O–H groups in total. The Bertz CT molecular complexity index is 385. The molecule has 0 fully saturated rings. The van der Waals surface area contributed by atoms with Crippen molar-refractivity contribution in [2.45, 2.75) is 19.4 Å². The summed E-state index contributed by atoms with van der Waals surface area (Å²) in [5.41, 5.74) is -0.186. The molecule has 0 aliphatic heterocycles. The Labute approximate surface area is 104 Å². The van der Waals surface area contributed by atoms with Crippen LogP contribution in [0.25, 0.3) is 0 Å². The van der Waals surface area contributed by atoms with Gasteiger partial charge < -0.3 is 9.84 Å². The second-order valence-corrected chi connectivity index (χ2v) is 4.48. The first-order valence-electron chi connectivity index (χ1n) is 5.27. The number of benzene rings is 1. The van der Waals surface area contributed by atoms with E-state index in [1.165, 1.54) is 6.07 Å². The summed E-state index contributed by atoms with van der Waals surface area (Å²) in [6.45, 7) is 2.28. The van der Waals surface area contributed by atoms with Crippen molar-refractivity contribution >= 4 is 11.6 Å². The number of halogens is 3. The number of rotatable bonds is 5. The summed E-state index contributed by atoms with van der Waals surface area (Å²) < 4.78 is 31.4. The van der Waals surface area contributed by atoms with E-state index >= 15 is 0 Å². The van der Waals surface area contributed by atoms with Gasteiger partial charge in [-0.1, -0.05) is 18.5 Å². The second kappa shape index (κ2) is 6.28. The van der Waals surface area contributed by atoms with Gasteiger partial charge in [0.1, 0.15) is 0 Å². The Morgan fingerprint density at radius 3 is 2.65 bits per heavy atom. The van der Waals surface area contributed by atoms with Crippen molar-refractivity contribution in [3.05, 3.63) is 34.4 Å². The zero-order valence-electron chi connectivity index (χ0n) is 9.71. The largest absolute Gasteiger partial charge is 0.388 e. The molecular formula is C12H15ClF2O2. The summed E-state index contributed by atoms with van der Waals surface area (Å²) in [6, 6.07) is 2.17. The van der Waals surface area contributed by atoms with Gasteiger partial charge in [0, 0.05) is 24.3 Å². The highest BCUT2D eigenvalue weighted by Gasteiger charge is 2.21. The molecule has 5 heteroatoms. The average Bonchev–Trinajstić information content (AvgIpc) is 2.24. The molecule has 0 saturated carbocycles. The maximum atomic E-state index is 13.5. The summed E-state index contributed by atoms with van der Waals surface area (Å²) in [6.07, 6.45) is -0.878. The van der Waals surface area contributed by atoms with Gasteiger partial charge in [-0.3, -0.25) is 0 Å². The van der Waals surface area contributed by atoms with Crippen molar-refractivity contribution in [2.75, 3.05) is 13.7 Å². The van der Waals surface area contributed by atoms with Gasteiger partial charge in [-0.15, -0.1) is 0 Å². The molecule has 0 heterocycles. The molecule has 1 aromatic carbocycles. The van der Waals surface area contributed by atoms with Gasteiger partial charge >= 0.3 is 0 Å². The molecule has 1 aromatic rings. The van der Waals surface area contributed by atoms with E-state index in [1.54, 1.807) is 7.11 Å². The molecule has 17 heavy (non-hydrogen) atoms. The highest BCUT2D eigenvalue weighted by molar-refractivity contribution is 6.31. The van der Waals surface area contributed by atoms with Crippen molar-refractivity contribution < 1.29 is 18.6 Å². The van der Waals surface area contributed by atoms with E-state index in [-0.39, 0.29) is 22.9 Å². The number of hydrogen-bond acceptors (Lipinski definition) is 2. The lowest BCUT2D eigenvalue weighted by Crippen LogP contribution is -2.11. The van der Waals surface area contributed by atoms with Gasteiger partial charge in [0.25, 0.3) is 0 Å². The molecule has 0 radical (unpaired) electrons. The lowest BCUT2D eigenvalue weighted by atomic mass is 9.98. The zero-order chi connectivity index (χ0) is 13.0. The number of methoxy groups -OCH3 is 1. The van der Waals surface area contributed by atoms with Gasteiger partial charge in [-0.2, -0.15) is 0 Å². The monoisotopic (exact) mass is 264 g/mol. The number of aliphatic hydroxyl groups is 1. The summed E-state index contributed by atoms with van der Waals surface area (Å²) in [5, 5.41) is 9.89. The third-order valence-electron chi connectivity index (χ3n) is 2.49. The quantitative estimate of drug-likeness (QED) is 0.827. The van der Waals surface area contributed by atoms with E-state index in [2.05, 4.69) is 0 Å². The summed E-state index contributed by atoms with van der Waals surface area (Å²) in [4.78, 5) is 0. The minimum Gasteiger partial charge on any atom is -0.388 e. The van der Waals surface area contributed by atoms with E-state index < -0.39 is 17.7 Å². The normalized spacial score (nSPS) is 14.7. The number of ether oxygens (including phenoxy) is 1. The zero-order valence-corrected chi connectivity index (χ0v) is 10.5. The predicted molar refractivity (Wildman–Crippen MR) is 62.0 cm³/mol. The minimum atomic E-state index is -1.14. The molecule has 2 atom stereocenters. The van der Waals surface area contributed by atoms with Crippen LogP contribution in [-0.2, 0) is 4.74 Å². The topological polar surface area (TPSA) is 29.5 Å². The first-order chi connectivity index (χ1) is 7.97. The molecule has 0 aliphatic rings. The molecule has 96 valence electrons. The molecule has 0 saturated heterocycles. The van der Waals surface area contributed by atoms with Gasteiger partial charge in [0.2, 0.25) is 0 Å². The molecule has 1 rings (SSSR count). The fraction of sp³-hybridized carbons (Fsp3) is 0.500. The second-order valence-electron chi connectivity index (χ2n) is 4.07. The third-order valence-corrected chi connectivity index (χ3v) is 2.82. The highest BCUT2D eigenvalue weighted by Crippen LogP contribution is 2.31. The van der Waals surface area contributed by atoms with Gasteiger partial charge in [-0.25, -0.2) is 8.78 Å². The molecule has 0 aromatic heterocycles. The van der Waals surface area contributed by atoms with Crippen molar-refractivity contribution in [3.8, 4) is 0 Å². The minimum absolute atomic E-state index is 0.0220. The van der Waals surface area contributed by atoms with E-state index in [0.717, 1.165) is 6.07 Å². The SMILES string of the molecule is COCC(C)CC(O)c1c(Cl)ccc(F)c1F. The molecule has 2 nitrogen and oxygen atoms in total. The summed E-state index contributed by atoms with van der Waals surface area (Å²) in [7, 11) is 1.54. The first kappa shape index (κ1) is 14.4. The third kappa shape index (κ3) is 3.63. The van der Waals surface area contributed by atoms with Crippen LogP contribution in [0, 0.1) is 17.6 Å². The van der Waals surface area contributed by atoms with Crippen LogP contribution in [-0.4, -0.2) is 18.8 Å². The van der Waals surface area contributed by atoms with E-state index in [4.69, 9.17) is 16.3 Å². The van der Waals surface area contributed by atoms with Gasteiger partial charge in [-0.05, 0) is 24.5 Å². The van der Waals surface area contributed by atoms with Crippen LogP contribution in [0.3, 0.4) is 0 Å². The van der Waals surface area contributed by atoms with Crippen molar-refractivity contribution in [1.82, 2.24) is 0 Å². The number of hydrogen-bond donors (Lipinski definition) is 1. The van der Waals surface area contributed by atoms with Gasteiger partial charge in [0.15, 0.2) is 11.6 Å². The van der Waals surface area contributed by atoms with Crippen LogP contribution >= 0.6 is 11.6 Å². The van der Waals surface area contributed by atoms with E-state index in [0.29, 0.717) is 6.61 Å². The van der Waals surface area contributed by atoms with Crippen LogP contribution in [0.2, 0.25) is 5.02 Å². The maximum absolute atomic E-state index is 13.5. The molecule has 2 unspecified atom stereocenters. The molecule has 0 spiro atoms.